The van der Waals surface area contributed by atoms with Crippen LogP contribution < -0.4 is 5.32 Å². The summed E-state index contributed by atoms with van der Waals surface area (Å²) in [6.45, 7) is 3.96. The van der Waals surface area contributed by atoms with E-state index >= 15 is 0 Å². The molecule has 1 rings (SSSR count). The summed E-state index contributed by atoms with van der Waals surface area (Å²) in [6, 6.07) is 9.68. The summed E-state index contributed by atoms with van der Waals surface area (Å²) in [7, 11) is 0. The van der Waals surface area contributed by atoms with Gasteiger partial charge in [-0.1, -0.05) is 37.3 Å². The molecule has 0 saturated carbocycles. The monoisotopic (exact) mass is 279 g/mol. The fraction of sp³-hybridized carbons (Fsp3) is 0.562. The minimum Gasteiger partial charge on any atom is -0.461 e. The van der Waals surface area contributed by atoms with Crippen molar-refractivity contribution in [1.82, 2.24) is 5.32 Å². The lowest BCUT2D eigenvalue weighted by Crippen LogP contribution is -2.28. The highest BCUT2D eigenvalue weighted by molar-refractivity contribution is 5.72. The van der Waals surface area contributed by atoms with Crippen LogP contribution in [0.5, 0.6) is 0 Å². The molecule has 0 saturated heterocycles. The van der Waals surface area contributed by atoms with Crippen LogP contribution >= 0.6 is 0 Å². The van der Waals surface area contributed by atoms with Gasteiger partial charge in [-0.3, -0.25) is 4.79 Å². The number of benzene rings is 1. The third kappa shape index (κ3) is 7.26. The Balaban J connectivity index is 2.10. The van der Waals surface area contributed by atoms with Gasteiger partial charge >= 0.3 is 5.97 Å². The summed E-state index contributed by atoms with van der Waals surface area (Å²) < 4.78 is 5.27. The van der Waals surface area contributed by atoms with Gasteiger partial charge in [0, 0.05) is 13.2 Å². The standard InChI is InChI=1S/C16H25NO3/c1-14(12-17-10-6-3-7-11-18)16(19)20-13-15-8-4-2-5-9-15/h2,4-5,8-9,14,17-18H,3,6-7,10-13H2,1H3. The zero-order chi connectivity index (χ0) is 14.6. The molecule has 1 unspecified atom stereocenters. The van der Waals surface area contributed by atoms with Crippen molar-refractivity contribution in [3.8, 4) is 0 Å². The molecule has 0 aliphatic rings. The SMILES string of the molecule is CC(CNCCCCCO)C(=O)OCc1ccccc1. The lowest BCUT2D eigenvalue weighted by atomic mass is 10.2. The number of nitrogens with one attached hydrogen (secondary N) is 1. The highest BCUT2D eigenvalue weighted by Gasteiger charge is 2.13. The molecular weight excluding hydrogens is 254 g/mol. The maximum absolute atomic E-state index is 11.8. The summed E-state index contributed by atoms with van der Waals surface area (Å²) in [5.74, 6) is -0.312. The number of carbonyl (C=O) groups excluding carboxylic acids is 1. The third-order valence-electron chi connectivity index (χ3n) is 3.09. The second kappa shape index (κ2) is 10.4. The summed E-state index contributed by atoms with van der Waals surface area (Å²) >= 11 is 0. The molecule has 1 aromatic rings. The topological polar surface area (TPSA) is 58.6 Å². The number of carbonyl (C=O) groups is 1. The van der Waals surface area contributed by atoms with E-state index in [2.05, 4.69) is 5.32 Å². The van der Waals surface area contributed by atoms with Gasteiger partial charge in [0.15, 0.2) is 0 Å². The van der Waals surface area contributed by atoms with Gasteiger partial charge in [0.05, 0.1) is 5.92 Å². The normalized spacial score (nSPS) is 12.1. The van der Waals surface area contributed by atoms with E-state index in [0.717, 1.165) is 31.4 Å². The van der Waals surface area contributed by atoms with Gasteiger partial charge in [0.1, 0.15) is 6.61 Å². The number of rotatable bonds is 10. The van der Waals surface area contributed by atoms with Crippen molar-refractivity contribution in [3.63, 3.8) is 0 Å². The van der Waals surface area contributed by atoms with Crippen LogP contribution in [0.1, 0.15) is 31.7 Å². The van der Waals surface area contributed by atoms with Crippen LogP contribution in [0.4, 0.5) is 0 Å². The second-order valence-corrected chi connectivity index (χ2v) is 4.98. The zero-order valence-corrected chi connectivity index (χ0v) is 12.2. The van der Waals surface area contributed by atoms with E-state index in [9.17, 15) is 4.79 Å². The predicted molar refractivity (Wildman–Crippen MR) is 79.2 cm³/mol. The van der Waals surface area contributed by atoms with E-state index in [0.29, 0.717) is 13.2 Å². The smallest absolute Gasteiger partial charge is 0.310 e. The van der Waals surface area contributed by atoms with Gasteiger partial charge in [-0.15, -0.1) is 0 Å². The summed E-state index contributed by atoms with van der Waals surface area (Å²) in [5.41, 5.74) is 1.00. The molecule has 0 aromatic heterocycles. The first-order valence-electron chi connectivity index (χ1n) is 7.26. The highest BCUT2D eigenvalue weighted by atomic mass is 16.5. The molecule has 2 N–H and O–H groups in total. The maximum atomic E-state index is 11.8. The molecule has 1 aromatic carbocycles. The third-order valence-corrected chi connectivity index (χ3v) is 3.09. The van der Waals surface area contributed by atoms with Gasteiger partial charge < -0.3 is 15.2 Å². The van der Waals surface area contributed by atoms with E-state index in [1.54, 1.807) is 0 Å². The van der Waals surface area contributed by atoms with Gasteiger partial charge in [0.2, 0.25) is 0 Å². The van der Waals surface area contributed by atoms with Crippen LogP contribution in [-0.2, 0) is 16.1 Å². The van der Waals surface area contributed by atoms with Crippen molar-refractivity contribution in [1.29, 1.82) is 0 Å². The lowest BCUT2D eigenvalue weighted by molar-refractivity contribution is -0.149. The number of ether oxygens (including phenoxy) is 1. The van der Waals surface area contributed by atoms with Crippen molar-refractivity contribution in [2.45, 2.75) is 32.8 Å². The molecule has 4 heteroatoms. The Hall–Kier alpha value is -1.39. The Bertz CT molecular complexity index is 367. The first-order chi connectivity index (χ1) is 9.74. The van der Waals surface area contributed by atoms with Crippen molar-refractivity contribution < 1.29 is 14.6 Å². The van der Waals surface area contributed by atoms with E-state index in [1.807, 2.05) is 37.3 Å². The Labute approximate surface area is 121 Å². The van der Waals surface area contributed by atoms with E-state index < -0.39 is 0 Å². The molecule has 20 heavy (non-hydrogen) atoms. The maximum Gasteiger partial charge on any atom is 0.310 e. The number of unbranched alkanes of at least 4 members (excludes halogenated alkanes) is 2. The Morgan fingerprint density at radius 3 is 2.70 bits per heavy atom. The molecule has 0 bridgehead atoms. The Kier molecular flexibility index (Phi) is 8.67. The van der Waals surface area contributed by atoms with Gasteiger partial charge in [0.25, 0.3) is 0 Å². The quantitative estimate of drug-likeness (QED) is 0.509. The van der Waals surface area contributed by atoms with E-state index in [4.69, 9.17) is 9.84 Å². The molecule has 0 aliphatic carbocycles. The number of hydrogen-bond donors (Lipinski definition) is 2. The summed E-state index contributed by atoms with van der Waals surface area (Å²) in [6.07, 6.45) is 2.87. The zero-order valence-electron chi connectivity index (χ0n) is 12.2. The minimum atomic E-state index is -0.170. The van der Waals surface area contributed by atoms with Gasteiger partial charge in [-0.25, -0.2) is 0 Å². The Morgan fingerprint density at radius 1 is 1.25 bits per heavy atom. The molecule has 0 heterocycles. The van der Waals surface area contributed by atoms with Crippen molar-refractivity contribution in [3.05, 3.63) is 35.9 Å². The van der Waals surface area contributed by atoms with Crippen molar-refractivity contribution in [2.75, 3.05) is 19.7 Å². The molecule has 0 spiro atoms. The molecule has 0 fully saturated rings. The first kappa shape index (κ1) is 16.7. The van der Waals surface area contributed by atoms with Crippen LogP contribution in [0.2, 0.25) is 0 Å². The predicted octanol–water partition coefficient (Wildman–Crippen LogP) is 2.12. The van der Waals surface area contributed by atoms with Crippen LogP contribution in [0.25, 0.3) is 0 Å². The fourth-order valence-corrected chi connectivity index (χ4v) is 1.81. The number of hydrogen-bond acceptors (Lipinski definition) is 4. The largest absolute Gasteiger partial charge is 0.461 e. The van der Waals surface area contributed by atoms with E-state index in [-0.39, 0.29) is 18.5 Å². The first-order valence-corrected chi connectivity index (χ1v) is 7.26. The Morgan fingerprint density at radius 2 is 2.00 bits per heavy atom. The van der Waals surface area contributed by atoms with Crippen LogP contribution in [0.3, 0.4) is 0 Å². The molecule has 0 radical (unpaired) electrons. The molecular formula is C16H25NO3. The van der Waals surface area contributed by atoms with Gasteiger partial charge in [-0.2, -0.15) is 0 Å². The fourth-order valence-electron chi connectivity index (χ4n) is 1.81. The lowest BCUT2D eigenvalue weighted by Gasteiger charge is -2.12. The average Bonchev–Trinajstić information content (AvgIpc) is 2.49. The van der Waals surface area contributed by atoms with Gasteiger partial charge in [-0.05, 0) is 31.4 Å². The van der Waals surface area contributed by atoms with Crippen LogP contribution in [-0.4, -0.2) is 30.8 Å². The molecule has 0 aliphatic heterocycles. The summed E-state index contributed by atoms with van der Waals surface area (Å²) in [5, 5.41) is 11.9. The molecule has 4 nitrogen and oxygen atoms in total. The van der Waals surface area contributed by atoms with Crippen molar-refractivity contribution in [2.24, 2.45) is 5.92 Å². The number of esters is 1. The summed E-state index contributed by atoms with van der Waals surface area (Å²) in [4.78, 5) is 11.8. The number of aliphatic hydroxyl groups excluding tert-OH is 1. The average molecular weight is 279 g/mol. The molecule has 0 amide bonds. The molecule has 112 valence electrons. The minimum absolute atomic E-state index is 0.142. The van der Waals surface area contributed by atoms with E-state index in [1.165, 1.54) is 0 Å². The highest BCUT2D eigenvalue weighted by Crippen LogP contribution is 2.04. The van der Waals surface area contributed by atoms with Crippen LogP contribution in [0.15, 0.2) is 30.3 Å². The molecule has 1 atom stereocenters. The van der Waals surface area contributed by atoms with Crippen LogP contribution in [0, 0.1) is 5.92 Å². The van der Waals surface area contributed by atoms with Crippen molar-refractivity contribution >= 4 is 5.97 Å². The number of aliphatic hydroxyl groups is 1. The second-order valence-electron chi connectivity index (χ2n) is 4.98.